The van der Waals surface area contributed by atoms with Gasteiger partial charge in [0.1, 0.15) is 5.69 Å². The summed E-state index contributed by atoms with van der Waals surface area (Å²) in [6.07, 6.45) is -2.25. The Balaban J connectivity index is 2.14. The van der Waals surface area contributed by atoms with Gasteiger partial charge in [-0.1, -0.05) is 6.42 Å². The van der Waals surface area contributed by atoms with E-state index in [1.165, 1.54) is 0 Å². The van der Waals surface area contributed by atoms with Crippen molar-refractivity contribution < 1.29 is 22.9 Å². The summed E-state index contributed by atoms with van der Waals surface area (Å²) in [5.41, 5.74) is 2.53. The quantitative estimate of drug-likeness (QED) is 0.661. The standard InChI is InChI=1S/C12H12F3N3O3/c13-12(14,15)8-4-5-9(10(6-8)18(20)21)16-17-11(19)7-2-1-3-7/h4-7,16H,1-3H2,(H,17,19). The SMILES string of the molecule is O=C(NNc1ccc(C(F)(F)F)cc1[N+](=O)[O-])C1CCC1. The van der Waals surface area contributed by atoms with Crippen molar-refractivity contribution in [1.29, 1.82) is 0 Å². The van der Waals surface area contributed by atoms with Crippen molar-refractivity contribution in [3.05, 3.63) is 33.9 Å². The van der Waals surface area contributed by atoms with Gasteiger partial charge in [0.2, 0.25) is 5.91 Å². The minimum Gasteiger partial charge on any atom is -0.292 e. The minimum absolute atomic E-state index is 0.147. The van der Waals surface area contributed by atoms with E-state index in [1.54, 1.807) is 0 Å². The number of carbonyl (C=O) groups excluding carboxylic acids is 1. The van der Waals surface area contributed by atoms with Crippen LogP contribution in [0.2, 0.25) is 0 Å². The van der Waals surface area contributed by atoms with Gasteiger partial charge in [-0.25, -0.2) is 0 Å². The summed E-state index contributed by atoms with van der Waals surface area (Å²) in [6, 6.07) is 2.06. The third kappa shape index (κ3) is 3.41. The van der Waals surface area contributed by atoms with Crippen LogP contribution in [0.5, 0.6) is 0 Å². The molecule has 1 saturated carbocycles. The molecule has 0 aromatic heterocycles. The topological polar surface area (TPSA) is 84.3 Å². The molecule has 1 aliphatic rings. The van der Waals surface area contributed by atoms with Gasteiger partial charge in [-0.3, -0.25) is 25.8 Å². The average molecular weight is 303 g/mol. The number of nitro groups is 1. The third-order valence-corrected chi connectivity index (χ3v) is 3.32. The Bertz CT molecular complexity index is 571. The van der Waals surface area contributed by atoms with Crippen molar-refractivity contribution in [2.24, 2.45) is 5.92 Å². The third-order valence-electron chi connectivity index (χ3n) is 3.32. The maximum absolute atomic E-state index is 12.5. The second-order valence-electron chi connectivity index (χ2n) is 4.73. The molecule has 9 heteroatoms. The summed E-state index contributed by atoms with van der Waals surface area (Å²) >= 11 is 0. The van der Waals surface area contributed by atoms with Crippen molar-refractivity contribution in [3.8, 4) is 0 Å². The van der Waals surface area contributed by atoms with Crippen LogP contribution in [0.1, 0.15) is 24.8 Å². The molecule has 0 aliphatic heterocycles. The fourth-order valence-corrected chi connectivity index (χ4v) is 1.87. The number of halogens is 3. The highest BCUT2D eigenvalue weighted by Crippen LogP contribution is 2.34. The highest BCUT2D eigenvalue weighted by molar-refractivity contribution is 5.81. The first-order valence-corrected chi connectivity index (χ1v) is 6.20. The van der Waals surface area contributed by atoms with Crippen LogP contribution in [0.4, 0.5) is 24.5 Å². The van der Waals surface area contributed by atoms with Gasteiger partial charge in [0.15, 0.2) is 0 Å². The van der Waals surface area contributed by atoms with Crippen molar-refractivity contribution in [1.82, 2.24) is 5.43 Å². The van der Waals surface area contributed by atoms with Gasteiger partial charge in [0.25, 0.3) is 5.69 Å². The Hall–Kier alpha value is -2.32. The van der Waals surface area contributed by atoms with E-state index in [1.807, 2.05) is 0 Å². The highest BCUT2D eigenvalue weighted by atomic mass is 19.4. The van der Waals surface area contributed by atoms with Crippen LogP contribution in [0, 0.1) is 16.0 Å². The molecule has 2 N–H and O–H groups in total. The van der Waals surface area contributed by atoms with Crippen molar-refractivity contribution >= 4 is 17.3 Å². The van der Waals surface area contributed by atoms with Crippen LogP contribution in [0.25, 0.3) is 0 Å². The zero-order valence-electron chi connectivity index (χ0n) is 10.7. The van der Waals surface area contributed by atoms with E-state index in [0.717, 1.165) is 25.3 Å². The molecular weight excluding hydrogens is 291 g/mol. The normalized spacial score (nSPS) is 15.2. The lowest BCUT2D eigenvalue weighted by Crippen LogP contribution is -2.38. The number of nitro benzene ring substituents is 1. The van der Waals surface area contributed by atoms with Crippen LogP contribution < -0.4 is 10.9 Å². The van der Waals surface area contributed by atoms with E-state index in [4.69, 9.17) is 0 Å². The lowest BCUT2D eigenvalue weighted by molar-refractivity contribution is -0.384. The molecule has 1 fully saturated rings. The summed E-state index contributed by atoms with van der Waals surface area (Å²) in [5, 5.41) is 10.8. The molecule has 0 bridgehead atoms. The van der Waals surface area contributed by atoms with E-state index in [2.05, 4.69) is 10.9 Å². The predicted molar refractivity (Wildman–Crippen MR) is 67.2 cm³/mol. The van der Waals surface area contributed by atoms with E-state index in [0.29, 0.717) is 12.1 Å². The van der Waals surface area contributed by atoms with Gasteiger partial charge < -0.3 is 0 Å². The maximum atomic E-state index is 12.5. The van der Waals surface area contributed by atoms with Gasteiger partial charge >= 0.3 is 6.18 Å². The molecule has 0 atom stereocenters. The Labute approximate surface area is 117 Å². The number of hydrogen-bond acceptors (Lipinski definition) is 4. The van der Waals surface area contributed by atoms with Gasteiger partial charge in [-0.15, -0.1) is 0 Å². The minimum atomic E-state index is -4.67. The molecule has 1 aliphatic carbocycles. The second kappa shape index (κ2) is 5.58. The van der Waals surface area contributed by atoms with Gasteiger partial charge in [0.05, 0.1) is 10.5 Å². The molecule has 0 heterocycles. The lowest BCUT2D eigenvalue weighted by Gasteiger charge is -2.24. The van der Waals surface area contributed by atoms with Crippen molar-refractivity contribution in [2.75, 3.05) is 5.43 Å². The van der Waals surface area contributed by atoms with Gasteiger partial charge in [-0.2, -0.15) is 13.2 Å². The lowest BCUT2D eigenvalue weighted by atomic mass is 9.85. The van der Waals surface area contributed by atoms with Crippen LogP contribution >= 0.6 is 0 Å². The van der Waals surface area contributed by atoms with Crippen LogP contribution in [-0.2, 0) is 11.0 Å². The Kier molecular flexibility index (Phi) is 4.01. The summed E-state index contributed by atoms with van der Waals surface area (Å²) in [5.74, 6) is -0.471. The van der Waals surface area contributed by atoms with Gasteiger partial charge in [0, 0.05) is 12.0 Å². The second-order valence-corrected chi connectivity index (χ2v) is 4.73. The Morgan fingerprint density at radius 3 is 2.48 bits per heavy atom. The summed E-state index contributed by atoms with van der Waals surface area (Å²) in [4.78, 5) is 21.5. The Morgan fingerprint density at radius 1 is 1.33 bits per heavy atom. The number of hydrogen-bond donors (Lipinski definition) is 2. The first-order chi connectivity index (χ1) is 9.79. The molecule has 1 aromatic carbocycles. The molecule has 21 heavy (non-hydrogen) atoms. The first kappa shape index (κ1) is 15.1. The molecule has 0 saturated heterocycles. The summed E-state index contributed by atoms with van der Waals surface area (Å²) in [7, 11) is 0. The van der Waals surface area contributed by atoms with Crippen molar-refractivity contribution in [3.63, 3.8) is 0 Å². The fraction of sp³-hybridized carbons (Fsp3) is 0.417. The fourth-order valence-electron chi connectivity index (χ4n) is 1.87. The summed E-state index contributed by atoms with van der Waals surface area (Å²) in [6.45, 7) is 0. The number of benzene rings is 1. The monoisotopic (exact) mass is 303 g/mol. The molecule has 1 aromatic rings. The molecule has 6 nitrogen and oxygen atoms in total. The molecule has 0 radical (unpaired) electrons. The van der Waals surface area contributed by atoms with E-state index < -0.39 is 22.4 Å². The number of carbonyl (C=O) groups is 1. The number of alkyl halides is 3. The zero-order valence-corrected chi connectivity index (χ0v) is 10.7. The van der Waals surface area contributed by atoms with Gasteiger partial charge in [-0.05, 0) is 25.0 Å². The maximum Gasteiger partial charge on any atom is 0.416 e. The van der Waals surface area contributed by atoms with E-state index in [9.17, 15) is 28.1 Å². The van der Waals surface area contributed by atoms with Crippen molar-refractivity contribution in [2.45, 2.75) is 25.4 Å². The number of rotatable bonds is 4. The van der Waals surface area contributed by atoms with Crippen LogP contribution in [0.15, 0.2) is 18.2 Å². The average Bonchev–Trinajstić information content (AvgIpc) is 2.32. The molecule has 0 spiro atoms. The van der Waals surface area contributed by atoms with Crippen LogP contribution in [0.3, 0.4) is 0 Å². The van der Waals surface area contributed by atoms with Crippen LogP contribution in [-0.4, -0.2) is 10.8 Å². The molecule has 114 valence electrons. The molecule has 2 rings (SSSR count). The number of nitrogens with zero attached hydrogens (tertiary/aromatic N) is 1. The molecule has 0 unspecified atom stereocenters. The van der Waals surface area contributed by atoms with E-state index in [-0.39, 0.29) is 17.5 Å². The van der Waals surface area contributed by atoms with E-state index >= 15 is 0 Å². The predicted octanol–water partition coefficient (Wildman–Crippen LogP) is 2.86. The number of hydrazine groups is 1. The number of amides is 1. The number of anilines is 1. The highest BCUT2D eigenvalue weighted by Gasteiger charge is 2.33. The Morgan fingerprint density at radius 2 is 2.00 bits per heavy atom. The molecule has 1 amide bonds. The number of nitrogens with one attached hydrogen (secondary N) is 2. The summed E-state index contributed by atoms with van der Waals surface area (Å²) < 4.78 is 37.6. The zero-order chi connectivity index (χ0) is 15.6. The first-order valence-electron chi connectivity index (χ1n) is 6.20. The smallest absolute Gasteiger partial charge is 0.292 e. The molecular formula is C12H12F3N3O3. The largest absolute Gasteiger partial charge is 0.416 e.